The number of nitrogens with one attached hydrogen (secondary N) is 4. The molecule has 0 radical (unpaired) electrons. The fourth-order valence-corrected chi connectivity index (χ4v) is 5.50. The van der Waals surface area contributed by atoms with Crippen molar-refractivity contribution in [2.24, 2.45) is 5.73 Å². The van der Waals surface area contributed by atoms with Gasteiger partial charge >= 0.3 is 0 Å². The summed E-state index contributed by atoms with van der Waals surface area (Å²) >= 11 is 0. The van der Waals surface area contributed by atoms with Crippen molar-refractivity contribution in [2.75, 3.05) is 19.6 Å². The molecule has 3 aromatic rings. The Labute approximate surface area is 248 Å². The highest BCUT2D eigenvalue weighted by Gasteiger charge is 2.37. The van der Waals surface area contributed by atoms with Gasteiger partial charge in [-0.15, -0.1) is 0 Å². The predicted molar refractivity (Wildman–Crippen MR) is 169 cm³/mol. The first kappa shape index (κ1) is 30.5. The minimum absolute atomic E-state index is 0.000793. The van der Waals surface area contributed by atoms with Gasteiger partial charge in [0, 0.05) is 37.7 Å². The lowest BCUT2D eigenvalue weighted by Crippen LogP contribution is -2.60. The van der Waals surface area contributed by atoms with Crippen LogP contribution in [0.3, 0.4) is 0 Å². The van der Waals surface area contributed by atoms with Gasteiger partial charge in [-0.1, -0.05) is 97.4 Å². The standard InChI is InChI=1S/C34H42N6O2/c1-3-30(39-34(35)36)32-33(42)40(23-29(26-13-6-4-7-14-26)27-15-8-5-9-16-27)20-19-28(38-32)22-37-31(41)18-17-25-12-10-11-24(2)21-25/h4-18,21,28-30,32,38H,3,19-20,22-23H2,1-2H3,(H,37,41)(H4,35,36,39)/b18-17+/t28-,30?,32-/m0/s1. The van der Waals surface area contributed by atoms with Gasteiger partial charge in [0.05, 0.1) is 6.04 Å². The number of aryl methyl sites for hydroxylation is 1. The van der Waals surface area contributed by atoms with Crippen molar-refractivity contribution in [3.8, 4) is 0 Å². The first-order valence-corrected chi connectivity index (χ1v) is 14.6. The number of amides is 2. The van der Waals surface area contributed by atoms with Gasteiger partial charge in [0.25, 0.3) is 0 Å². The lowest BCUT2D eigenvalue weighted by atomic mass is 9.90. The van der Waals surface area contributed by atoms with E-state index < -0.39 is 6.04 Å². The number of benzene rings is 3. The lowest BCUT2D eigenvalue weighted by molar-refractivity contribution is -0.133. The maximum Gasteiger partial charge on any atom is 0.244 e. The second-order valence-electron chi connectivity index (χ2n) is 10.9. The molecule has 1 heterocycles. The number of nitrogens with zero attached hydrogens (tertiary/aromatic N) is 1. The molecule has 0 spiro atoms. The molecule has 1 saturated heterocycles. The summed E-state index contributed by atoms with van der Waals surface area (Å²) in [4.78, 5) is 28.7. The molecule has 3 atom stereocenters. The fraction of sp³-hybridized carbons (Fsp3) is 0.324. The van der Waals surface area contributed by atoms with Gasteiger partial charge in [-0.2, -0.15) is 0 Å². The van der Waals surface area contributed by atoms with E-state index in [1.54, 1.807) is 6.08 Å². The molecule has 0 aliphatic carbocycles. The zero-order chi connectivity index (χ0) is 29.9. The maximum atomic E-state index is 14.1. The normalized spacial score (nSPS) is 18.1. The molecule has 42 heavy (non-hydrogen) atoms. The fourth-order valence-electron chi connectivity index (χ4n) is 5.50. The monoisotopic (exact) mass is 566 g/mol. The molecule has 6 N–H and O–H groups in total. The molecule has 0 saturated carbocycles. The van der Waals surface area contributed by atoms with Crippen molar-refractivity contribution in [2.45, 2.75) is 50.7 Å². The first-order valence-electron chi connectivity index (χ1n) is 14.6. The van der Waals surface area contributed by atoms with E-state index in [0.29, 0.717) is 32.5 Å². The zero-order valence-corrected chi connectivity index (χ0v) is 24.4. The van der Waals surface area contributed by atoms with Crippen molar-refractivity contribution < 1.29 is 9.59 Å². The quantitative estimate of drug-likeness (QED) is 0.137. The van der Waals surface area contributed by atoms with Crippen LogP contribution in [0.5, 0.6) is 0 Å². The Hall–Kier alpha value is -4.43. The van der Waals surface area contributed by atoms with Crippen LogP contribution in [0.25, 0.3) is 6.08 Å². The van der Waals surface area contributed by atoms with Crippen molar-refractivity contribution in [3.05, 3.63) is 113 Å². The largest absolute Gasteiger partial charge is 0.370 e. The topological polar surface area (TPSA) is 123 Å². The van der Waals surface area contributed by atoms with E-state index in [-0.39, 0.29) is 35.8 Å². The zero-order valence-electron chi connectivity index (χ0n) is 24.4. The van der Waals surface area contributed by atoms with E-state index in [1.165, 1.54) is 6.08 Å². The molecule has 0 aromatic heterocycles. The minimum Gasteiger partial charge on any atom is -0.370 e. The third-order valence-corrected chi connectivity index (χ3v) is 7.72. The van der Waals surface area contributed by atoms with Crippen molar-refractivity contribution in [3.63, 3.8) is 0 Å². The van der Waals surface area contributed by atoms with E-state index in [1.807, 2.05) is 79.4 Å². The number of guanidine groups is 1. The maximum absolute atomic E-state index is 14.1. The van der Waals surface area contributed by atoms with E-state index in [2.05, 4.69) is 40.2 Å². The van der Waals surface area contributed by atoms with Crippen molar-refractivity contribution >= 4 is 23.8 Å². The molecule has 1 aliphatic rings. The summed E-state index contributed by atoms with van der Waals surface area (Å²) in [7, 11) is 0. The van der Waals surface area contributed by atoms with Crippen LogP contribution in [0.4, 0.5) is 0 Å². The SMILES string of the molecule is CCC(NC(=N)N)[C@@H]1N[C@H](CNC(=O)/C=C/c2cccc(C)c2)CCN(CC(c2ccccc2)c2ccccc2)C1=O. The lowest BCUT2D eigenvalue weighted by Gasteiger charge is -2.32. The molecule has 4 rings (SSSR count). The Morgan fingerprint density at radius 2 is 1.74 bits per heavy atom. The van der Waals surface area contributed by atoms with Gasteiger partial charge in [-0.05, 0) is 42.5 Å². The number of carbonyl (C=O) groups is 2. The van der Waals surface area contributed by atoms with Crippen molar-refractivity contribution in [1.29, 1.82) is 5.41 Å². The number of nitrogens with two attached hydrogens (primary N) is 1. The average Bonchev–Trinajstić information content (AvgIpc) is 3.15. The predicted octanol–water partition coefficient (Wildman–Crippen LogP) is 3.78. The Morgan fingerprint density at radius 1 is 1.07 bits per heavy atom. The summed E-state index contributed by atoms with van der Waals surface area (Å²) < 4.78 is 0. The molecule has 1 fully saturated rings. The molecule has 1 unspecified atom stereocenters. The first-order chi connectivity index (χ1) is 20.3. The van der Waals surface area contributed by atoms with Gasteiger partial charge in [0.15, 0.2) is 5.96 Å². The molecular weight excluding hydrogens is 524 g/mol. The highest BCUT2D eigenvalue weighted by atomic mass is 16.2. The van der Waals surface area contributed by atoms with E-state index >= 15 is 0 Å². The van der Waals surface area contributed by atoms with Gasteiger partial charge < -0.3 is 21.3 Å². The highest BCUT2D eigenvalue weighted by molar-refractivity contribution is 5.91. The number of rotatable bonds is 11. The molecule has 220 valence electrons. The second-order valence-corrected chi connectivity index (χ2v) is 10.9. The van der Waals surface area contributed by atoms with Gasteiger partial charge in [0.1, 0.15) is 6.04 Å². The van der Waals surface area contributed by atoms with Gasteiger partial charge in [-0.3, -0.25) is 20.3 Å². The molecule has 8 heteroatoms. The summed E-state index contributed by atoms with van der Waals surface area (Å²) in [5.74, 6) is -0.407. The average molecular weight is 567 g/mol. The molecular formula is C34H42N6O2. The van der Waals surface area contributed by atoms with Crippen LogP contribution in [0, 0.1) is 12.3 Å². The summed E-state index contributed by atoms with van der Waals surface area (Å²) in [5.41, 5.74) is 10.1. The Morgan fingerprint density at radius 3 is 2.33 bits per heavy atom. The number of hydrogen-bond donors (Lipinski definition) is 5. The minimum atomic E-state index is -0.613. The van der Waals surface area contributed by atoms with Crippen LogP contribution in [0.15, 0.2) is 91.0 Å². The van der Waals surface area contributed by atoms with Crippen LogP contribution in [-0.4, -0.2) is 60.4 Å². The summed E-state index contributed by atoms with van der Waals surface area (Å²) in [6, 6.07) is 27.3. The Balaban J connectivity index is 1.52. The molecule has 2 amide bonds. The molecule has 3 aromatic carbocycles. The van der Waals surface area contributed by atoms with Crippen LogP contribution < -0.4 is 21.7 Å². The van der Waals surface area contributed by atoms with E-state index in [0.717, 1.165) is 22.3 Å². The summed E-state index contributed by atoms with van der Waals surface area (Å²) in [6.45, 7) is 5.40. The van der Waals surface area contributed by atoms with Crippen LogP contribution in [-0.2, 0) is 9.59 Å². The third kappa shape index (κ3) is 8.54. The summed E-state index contributed by atoms with van der Waals surface area (Å²) in [5, 5.41) is 17.3. The van der Waals surface area contributed by atoms with Crippen LogP contribution in [0.1, 0.15) is 47.9 Å². The van der Waals surface area contributed by atoms with Gasteiger partial charge in [-0.25, -0.2) is 0 Å². The van der Waals surface area contributed by atoms with Gasteiger partial charge in [0.2, 0.25) is 11.8 Å². The molecule has 1 aliphatic heterocycles. The van der Waals surface area contributed by atoms with Crippen LogP contribution >= 0.6 is 0 Å². The van der Waals surface area contributed by atoms with Crippen LogP contribution in [0.2, 0.25) is 0 Å². The number of hydrogen-bond acceptors (Lipinski definition) is 4. The summed E-state index contributed by atoms with van der Waals surface area (Å²) in [6.07, 6.45) is 4.60. The molecule has 0 bridgehead atoms. The van der Waals surface area contributed by atoms with Crippen molar-refractivity contribution in [1.82, 2.24) is 20.9 Å². The van der Waals surface area contributed by atoms with E-state index in [9.17, 15) is 9.59 Å². The second kappa shape index (κ2) is 15.0. The Bertz CT molecular complexity index is 1320. The highest BCUT2D eigenvalue weighted by Crippen LogP contribution is 2.27. The smallest absolute Gasteiger partial charge is 0.244 e. The van der Waals surface area contributed by atoms with E-state index in [4.69, 9.17) is 11.1 Å². The number of carbonyl (C=O) groups excluding carboxylic acids is 2. The Kier molecular flexibility index (Phi) is 10.9. The third-order valence-electron chi connectivity index (χ3n) is 7.72. The molecule has 8 nitrogen and oxygen atoms in total.